The van der Waals surface area contributed by atoms with Gasteiger partial charge in [-0.3, -0.25) is 0 Å². The Hall–Kier alpha value is -2.00. The summed E-state index contributed by atoms with van der Waals surface area (Å²) in [6.45, 7) is 5.06. The molecule has 0 fully saturated rings. The third-order valence-corrected chi connectivity index (χ3v) is 2.96. The number of para-hydroxylation sites is 1. The molecular formula is C17H21NO2. The highest BCUT2D eigenvalue weighted by Crippen LogP contribution is 2.26. The second-order valence-corrected chi connectivity index (χ2v) is 4.92. The van der Waals surface area contributed by atoms with Crippen molar-refractivity contribution in [2.75, 3.05) is 7.11 Å². The van der Waals surface area contributed by atoms with Crippen LogP contribution in [0.3, 0.4) is 0 Å². The van der Waals surface area contributed by atoms with E-state index in [1.807, 2.05) is 42.5 Å². The lowest BCUT2D eigenvalue weighted by molar-refractivity contribution is 0.412. The summed E-state index contributed by atoms with van der Waals surface area (Å²) in [4.78, 5) is 0. The number of methoxy groups -OCH3 is 1. The molecule has 0 atom stereocenters. The molecule has 3 heteroatoms. The first-order valence-corrected chi connectivity index (χ1v) is 6.82. The minimum atomic E-state index is 0.448. The molecule has 2 aromatic carbocycles. The molecule has 106 valence electrons. The minimum absolute atomic E-state index is 0.448. The molecule has 20 heavy (non-hydrogen) atoms. The first-order valence-electron chi connectivity index (χ1n) is 6.82. The second-order valence-electron chi connectivity index (χ2n) is 4.92. The third kappa shape index (κ3) is 4.00. The summed E-state index contributed by atoms with van der Waals surface area (Å²) in [6, 6.07) is 16.1. The molecule has 0 aliphatic heterocycles. The van der Waals surface area contributed by atoms with Crippen LogP contribution < -0.4 is 14.8 Å². The van der Waals surface area contributed by atoms with Crippen molar-refractivity contribution in [3.8, 4) is 17.2 Å². The third-order valence-electron chi connectivity index (χ3n) is 2.96. The topological polar surface area (TPSA) is 30.5 Å². The molecule has 0 spiro atoms. The molecule has 0 aromatic heterocycles. The van der Waals surface area contributed by atoms with Crippen molar-refractivity contribution in [3.05, 3.63) is 54.1 Å². The summed E-state index contributed by atoms with van der Waals surface area (Å²) in [5.74, 6) is 2.51. The molecule has 0 radical (unpaired) electrons. The maximum atomic E-state index is 5.95. The fraction of sp³-hybridized carbons (Fsp3) is 0.294. The van der Waals surface area contributed by atoms with E-state index < -0.39 is 0 Å². The zero-order valence-corrected chi connectivity index (χ0v) is 12.2. The van der Waals surface area contributed by atoms with Crippen LogP contribution in [0.4, 0.5) is 0 Å². The Morgan fingerprint density at radius 1 is 0.950 bits per heavy atom. The highest BCUT2D eigenvalue weighted by Gasteiger charge is 2.05. The lowest BCUT2D eigenvalue weighted by Gasteiger charge is -2.13. The number of hydrogen-bond donors (Lipinski definition) is 1. The van der Waals surface area contributed by atoms with E-state index in [2.05, 4.69) is 25.2 Å². The summed E-state index contributed by atoms with van der Waals surface area (Å²) in [5, 5.41) is 3.41. The molecule has 0 unspecified atom stereocenters. The summed E-state index contributed by atoms with van der Waals surface area (Å²) in [6.07, 6.45) is 0. The van der Waals surface area contributed by atoms with Gasteiger partial charge >= 0.3 is 0 Å². The largest absolute Gasteiger partial charge is 0.497 e. The standard InChI is InChI=1S/C17H21NO2/c1-13(2)18-12-14-6-4-5-7-17(14)20-16-10-8-15(19-3)9-11-16/h4-11,13,18H,12H2,1-3H3. The molecule has 3 nitrogen and oxygen atoms in total. The van der Waals surface area contributed by atoms with Gasteiger partial charge in [0.15, 0.2) is 0 Å². The quantitative estimate of drug-likeness (QED) is 0.862. The maximum Gasteiger partial charge on any atom is 0.131 e. The molecule has 0 aliphatic carbocycles. The van der Waals surface area contributed by atoms with Gasteiger partial charge in [-0.2, -0.15) is 0 Å². The maximum absolute atomic E-state index is 5.95. The van der Waals surface area contributed by atoms with Crippen LogP contribution in [0.5, 0.6) is 17.2 Å². The second kappa shape index (κ2) is 6.96. The Labute approximate surface area is 120 Å². The Bertz CT molecular complexity index is 535. The monoisotopic (exact) mass is 271 g/mol. The van der Waals surface area contributed by atoms with Crippen LogP contribution in [-0.4, -0.2) is 13.2 Å². The van der Waals surface area contributed by atoms with Gasteiger partial charge in [-0.05, 0) is 30.3 Å². The van der Waals surface area contributed by atoms with Crippen molar-refractivity contribution in [1.82, 2.24) is 5.32 Å². The number of nitrogens with one attached hydrogen (secondary N) is 1. The van der Waals surface area contributed by atoms with E-state index in [0.717, 1.165) is 29.4 Å². The van der Waals surface area contributed by atoms with Crippen molar-refractivity contribution in [2.24, 2.45) is 0 Å². The highest BCUT2D eigenvalue weighted by molar-refractivity contribution is 5.39. The van der Waals surface area contributed by atoms with Crippen molar-refractivity contribution < 1.29 is 9.47 Å². The molecule has 2 rings (SSSR count). The number of hydrogen-bond acceptors (Lipinski definition) is 3. The zero-order chi connectivity index (χ0) is 14.4. The Morgan fingerprint density at radius 2 is 1.60 bits per heavy atom. The van der Waals surface area contributed by atoms with Crippen molar-refractivity contribution in [3.63, 3.8) is 0 Å². The molecule has 0 saturated carbocycles. The van der Waals surface area contributed by atoms with Crippen LogP contribution in [0.15, 0.2) is 48.5 Å². The lowest BCUT2D eigenvalue weighted by Crippen LogP contribution is -2.22. The van der Waals surface area contributed by atoms with Gasteiger partial charge in [0.05, 0.1) is 7.11 Å². The van der Waals surface area contributed by atoms with E-state index >= 15 is 0 Å². The molecule has 1 N–H and O–H groups in total. The van der Waals surface area contributed by atoms with Crippen LogP contribution in [0, 0.1) is 0 Å². The van der Waals surface area contributed by atoms with Crippen molar-refractivity contribution in [1.29, 1.82) is 0 Å². The van der Waals surface area contributed by atoms with Gasteiger partial charge in [0.1, 0.15) is 17.2 Å². The smallest absolute Gasteiger partial charge is 0.131 e. The van der Waals surface area contributed by atoms with Crippen molar-refractivity contribution >= 4 is 0 Å². The van der Waals surface area contributed by atoms with E-state index in [-0.39, 0.29) is 0 Å². The predicted octanol–water partition coefficient (Wildman–Crippen LogP) is 3.99. The van der Waals surface area contributed by atoms with Gasteiger partial charge in [-0.25, -0.2) is 0 Å². The van der Waals surface area contributed by atoms with E-state index in [1.54, 1.807) is 7.11 Å². The van der Waals surface area contributed by atoms with Crippen LogP contribution in [0.1, 0.15) is 19.4 Å². The lowest BCUT2D eigenvalue weighted by atomic mass is 10.2. The fourth-order valence-corrected chi connectivity index (χ4v) is 1.83. The summed E-state index contributed by atoms with van der Waals surface area (Å²) < 4.78 is 11.1. The molecular weight excluding hydrogens is 250 g/mol. The van der Waals surface area contributed by atoms with E-state index in [1.165, 1.54) is 0 Å². The molecule has 0 amide bonds. The van der Waals surface area contributed by atoms with Gasteiger partial charge in [0, 0.05) is 18.2 Å². The predicted molar refractivity (Wildman–Crippen MR) is 81.5 cm³/mol. The number of benzene rings is 2. The number of ether oxygens (including phenoxy) is 2. The first kappa shape index (κ1) is 14.4. The molecule has 0 saturated heterocycles. The van der Waals surface area contributed by atoms with E-state index in [9.17, 15) is 0 Å². The van der Waals surface area contributed by atoms with Gasteiger partial charge in [0.25, 0.3) is 0 Å². The van der Waals surface area contributed by atoms with Gasteiger partial charge < -0.3 is 14.8 Å². The van der Waals surface area contributed by atoms with Gasteiger partial charge in [0.2, 0.25) is 0 Å². The first-order chi connectivity index (χ1) is 9.69. The molecule has 0 aliphatic rings. The van der Waals surface area contributed by atoms with Crippen LogP contribution >= 0.6 is 0 Å². The molecule has 0 bridgehead atoms. The van der Waals surface area contributed by atoms with Crippen molar-refractivity contribution in [2.45, 2.75) is 26.4 Å². The van der Waals surface area contributed by atoms with Crippen LogP contribution in [0.25, 0.3) is 0 Å². The Kier molecular flexibility index (Phi) is 5.02. The zero-order valence-electron chi connectivity index (χ0n) is 12.2. The van der Waals surface area contributed by atoms with Gasteiger partial charge in [-0.1, -0.05) is 32.0 Å². The molecule has 2 aromatic rings. The summed E-state index contributed by atoms with van der Waals surface area (Å²) in [7, 11) is 1.66. The minimum Gasteiger partial charge on any atom is -0.497 e. The Morgan fingerprint density at radius 3 is 2.25 bits per heavy atom. The van der Waals surface area contributed by atoms with E-state index in [0.29, 0.717) is 6.04 Å². The van der Waals surface area contributed by atoms with Crippen LogP contribution in [0.2, 0.25) is 0 Å². The fourth-order valence-electron chi connectivity index (χ4n) is 1.83. The normalized spacial score (nSPS) is 10.6. The number of rotatable bonds is 6. The van der Waals surface area contributed by atoms with E-state index in [4.69, 9.17) is 9.47 Å². The molecule has 0 heterocycles. The average Bonchev–Trinajstić information content (AvgIpc) is 2.47. The average molecular weight is 271 g/mol. The Balaban J connectivity index is 2.11. The summed E-state index contributed by atoms with van der Waals surface area (Å²) in [5.41, 5.74) is 1.15. The summed E-state index contributed by atoms with van der Waals surface area (Å²) >= 11 is 0. The van der Waals surface area contributed by atoms with Gasteiger partial charge in [-0.15, -0.1) is 0 Å². The van der Waals surface area contributed by atoms with Crippen LogP contribution in [-0.2, 0) is 6.54 Å². The SMILES string of the molecule is COc1ccc(Oc2ccccc2CNC(C)C)cc1. The highest BCUT2D eigenvalue weighted by atomic mass is 16.5.